The summed E-state index contributed by atoms with van der Waals surface area (Å²) in [5.41, 5.74) is 3.65. The first-order chi connectivity index (χ1) is 28.2. The Kier molecular flexibility index (Phi) is 11.1. The maximum absolute atomic E-state index is 13.0. The van der Waals surface area contributed by atoms with Gasteiger partial charge in [0, 0.05) is 47.1 Å². The minimum absolute atomic E-state index is 0.111. The van der Waals surface area contributed by atoms with E-state index in [-0.39, 0.29) is 18.4 Å². The maximum atomic E-state index is 13.0. The molecule has 0 radical (unpaired) electrons. The van der Waals surface area contributed by atoms with Crippen molar-refractivity contribution in [2.24, 2.45) is 0 Å². The predicted octanol–water partition coefficient (Wildman–Crippen LogP) is 11.7. The van der Waals surface area contributed by atoms with E-state index in [1.165, 1.54) is 43.8 Å². The molecule has 14 heteroatoms. The Morgan fingerprint density at radius 3 is 1.47 bits per heavy atom. The number of fused-ring (bicyclic) bond motifs is 2. The van der Waals surface area contributed by atoms with Crippen molar-refractivity contribution in [2.45, 2.75) is 25.2 Å². The number of ether oxygens (including phenoxy) is 1. The number of carbonyl (C=O) groups is 2. The van der Waals surface area contributed by atoms with Crippen LogP contribution < -0.4 is 0 Å². The fraction of sp³-hybridized carbons (Fsp3) is 0.111. The van der Waals surface area contributed by atoms with Gasteiger partial charge in [-0.15, -0.1) is 0 Å². The van der Waals surface area contributed by atoms with Gasteiger partial charge in [-0.1, -0.05) is 60.7 Å². The number of carboxylic acid groups (broad SMARTS) is 1. The van der Waals surface area contributed by atoms with Crippen molar-refractivity contribution >= 4 is 33.9 Å². The highest BCUT2D eigenvalue weighted by atomic mass is 19.4. The van der Waals surface area contributed by atoms with Crippen molar-refractivity contribution in [1.82, 2.24) is 9.97 Å². The highest BCUT2D eigenvalue weighted by Gasteiger charge is 2.31. The molecule has 8 nitrogen and oxygen atoms in total. The molecule has 59 heavy (non-hydrogen) atoms. The number of furan rings is 2. The Hall–Kier alpha value is -7.22. The summed E-state index contributed by atoms with van der Waals surface area (Å²) in [5.74, 6) is -0.497. The van der Waals surface area contributed by atoms with E-state index >= 15 is 0 Å². The summed E-state index contributed by atoms with van der Waals surface area (Å²) in [6.45, 7) is 0. The zero-order chi connectivity index (χ0) is 41.9. The minimum atomic E-state index is -4.40. The van der Waals surface area contributed by atoms with Gasteiger partial charge in [0.25, 0.3) is 0 Å². The lowest BCUT2D eigenvalue weighted by Crippen LogP contribution is -2.05. The smallest absolute Gasteiger partial charge is 0.416 e. The molecule has 8 rings (SSSR count). The van der Waals surface area contributed by atoms with E-state index in [9.17, 15) is 41.0 Å². The van der Waals surface area contributed by atoms with Gasteiger partial charge >= 0.3 is 24.3 Å². The Morgan fingerprint density at radius 1 is 0.593 bits per heavy atom. The lowest BCUT2D eigenvalue weighted by atomic mass is 10.0. The van der Waals surface area contributed by atoms with E-state index in [2.05, 4.69) is 9.97 Å². The number of aromatic carboxylic acids is 1. The molecule has 4 aromatic carbocycles. The van der Waals surface area contributed by atoms with E-state index in [1.54, 1.807) is 66.7 Å². The minimum Gasteiger partial charge on any atom is -0.478 e. The number of carboxylic acids is 1. The van der Waals surface area contributed by atoms with Crippen LogP contribution in [-0.4, -0.2) is 34.1 Å². The summed E-state index contributed by atoms with van der Waals surface area (Å²) in [6, 6.07) is 30.6. The van der Waals surface area contributed by atoms with Crippen LogP contribution in [-0.2, 0) is 29.9 Å². The zero-order valence-electron chi connectivity index (χ0n) is 30.8. The molecular formula is C45H30F6N2O6. The molecule has 0 spiro atoms. The fourth-order valence-electron chi connectivity index (χ4n) is 6.50. The Balaban J connectivity index is 0.000000179. The molecule has 4 aromatic heterocycles. The van der Waals surface area contributed by atoms with E-state index in [1.807, 2.05) is 6.07 Å². The van der Waals surface area contributed by atoms with Crippen LogP contribution in [0.15, 0.2) is 143 Å². The van der Waals surface area contributed by atoms with Crippen molar-refractivity contribution in [3.05, 3.63) is 179 Å². The normalized spacial score (nSPS) is 11.6. The maximum Gasteiger partial charge on any atom is 0.416 e. The van der Waals surface area contributed by atoms with Gasteiger partial charge in [-0.25, -0.2) is 9.59 Å². The second-order valence-corrected chi connectivity index (χ2v) is 13.3. The van der Waals surface area contributed by atoms with Gasteiger partial charge in [-0.2, -0.15) is 26.3 Å². The molecular weight excluding hydrogens is 778 g/mol. The summed E-state index contributed by atoms with van der Waals surface area (Å²) in [4.78, 5) is 31.6. The number of halogens is 6. The number of alkyl halides is 6. The highest BCUT2D eigenvalue weighted by molar-refractivity contribution is 5.97. The number of methoxy groups -OCH3 is 1. The van der Waals surface area contributed by atoms with Crippen molar-refractivity contribution in [1.29, 1.82) is 0 Å². The predicted molar refractivity (Wildman–Crippen MR) is 206 cm³/mol. The van der Waals surface area contributed by atoms with Crippen LogP contribution in [0, 0.1) is 0 Å². The number of hydrogen-bond donors (Lipinski definition) is 1. The first kappa shape index (κ1) is 40.0. The molecule has 0 atom stereocenters. The number of aromatic nitrogens is 2. The Labute approximate surface area is 331 Å². The lowest BCUT2D eigenvalue weighted by molar-refractivity contribution is -0.138. The molecule has 8 aromatic rings. The van der Waals surface area contributed by atoms with Crippen molar-refractivity contribution in [2.75, 3.05) is 7.11 Å². The SMILES string of the molecule is COC(=O)c1ccnc(-c2cccc3oc(Cc4cccc(C(F)(F)F)c4)cc23)c1.O=C(O)c1ccnc(-c2cccc3oc(Cc4cccc(C(F)(F)F)c4)cc23)c1. The third-order valence-corrected chi connectivity index (χ3v) is 9.23. The van der Waals surface area contributed by atoms with Crippen molar-refractivity contribution in [3.8, 4) is 22.5 Å². The van der Waals surface area contributed by atoms with Crippen LogP contribution >= 0.6 is 0 Å². The quantitative estimate of drug-likeness (QED) is 0.119. The summed E-state index contributed by atoms with van der Waals surface area (Å²) in [6.07, 6.45) is -5.45. The van der Waals surface area contributed by atoms with Crippen LogP contribution in [0.4, 0.5) is 26.3 Å². The van der Waals surface area contributed by atoms with Gasteiger partial charge in [0.15, 0.2) is 0 Å². The van der Waals surface area contributed by atoms with E-state index in [0.29, 0.717) is 61.7 Å². The Morgan fingerprint density at radius 2 is 1.03 bits per heavy atom. The van der Waals surface area contributed by atoms with Crippen LogP contribution in [0.25, 0.3) is 44.5 Å². The van der Waals surface area contributed by atoms with Crippen molar-refractivity contribution < 1.29 is 54.6 Å². The molecule has 0 amide bonds. The number of carbonyl (C=O) groups excluding carboxylic acids is 1. The van der Waals surface area contributed by atoms with Gasteiger partial charge in [-0.3, -0.25) is 9.97 Å². The molecule has 1 N–H and O–H groups in total. The molecule has 0 fully saturated rings. The summed E-state index contributed by atoms with van der Waals surface area (Å²) < 4.78 is 94.1. The molecule has 0 bridgehead atoms. The number of pyridine rings is 2. The standard InChI is InChI=1S/C23H16F3NO3.C22H14F3NO3/c1-29-22(28)15-8-9-27-20(12-15)18-6-3-7-21-19(18)13-17(30-21)11-14-4-2-5-16(10-14)23(24,25)26;23-22(24,25)15-4-1-3-13(9-15)10-16-12-18-17(5-2-6-20(18)29-16)19-11-14(21(27)28)7-8-26-19/h2-10,12-13H,11H2,1H3;1-9,11-12H,10H2,(H,27,28). The molecule has 0 saturated carbocycles. The van der Waals surface area contributed by atoms with E-state index in [0.717, 1.165) is 35.2 Å². The van der Waals surface area contributed by atoms with Gasteiger partial charge < -0.3 is 18.7 Å². The lowest BCUT2D eigenvalue weighted by Gasteiger charge is -2.07. The van der Waals surface area contributed by atoms with E-state index in [4.69, 9.17) is 13.6 Å². The second kappa shape index (κ2) is 16.3. The summed E-state index contributed by atoms with van der Waals surface area (Å²) in [7, 11) is 1.30. The second-order valence-electron chi connectivity index (χ2n) is 13.3. The average molecular weight is 809 g/mol. The van der Waals surface area contributed by atoms with Crippen LogP contribution in [0.3, 0.4) is 0 Å². The third-order valence-electron chi connectivity index (χ3n) is 9.23. The largest absolute Gasteiger partial charge is 0.478 e. The molecule has 0 aliphatic carbocycles. The number of hydrogen-bond acceptors (Lipinski definition) is 7. The van der Waals surface area contributed by atoms with Gasteiger partial charge in [0.1, 0.15) is 22.7 Å². The number of rotatable bonds is 8. The molecule has 0 unspecified atom stereocenters. The monoisotopic (exact) mass is 808 g/mol. The summed E-state index contributed by atoms with van der Waals surface area (Å²) >= 11 is 0. The third kappa shape index (κ3) is 9.17. The van der Waals surface area contributed by atoms with Gasteiger partial charge in [0.2, 0.25) is 0 Å². The molecule has 4 heterocycles. The topological polar surface area (TPSA) is 116 Å². The molecule has 0 aliphatic rings. The average Bonchev–Trinajstić information content (AvgIpc) is 3.83. The van der Waals surface area contributed by atoms with Crippen LogP contribution in [0.1, 0.15) is 54.5 Å². The molecule has 0 aliphatic heterocycles. The Bertz CT molecular complexity index is 2820. The first-order valence-electron chi connectivity index (χ1n) is 17.8. The number of nitrogens with zero attached hydrogens (tertiary/aromatic N) is 2. The fourth-order valence-corrected chi connectivity index (χ4v) is 6.50. The van der Waals surface area contributed by atoms with Gasteiger partial charge in [0.05, 0.1) is 40.8 Å². The van der Waals surface area contributed by atoms with Crippen LogP contribution in [0.5, 0.6) is 0 Å². The summed E-state index contributed by atoms with van der Waals surface area (Å²) in [5, 5.41) is 10.7. The molecule has 0 saturated heterocycles. The first-order valence-corrected chi connectivity index (χ1v) is 17.8. The zero-order valence-corrected chi connectivity index (χ0v) is 30.8. The van der Waals surface area contributed by atoms with Crippen molar-refractivity contribution in [3.63, 3.8) is 0 Å². The highest BCUT2D eigenvalue weighted by Crippen LogP contribution is 2.35. The van der Waals surface area contributed by atoms with E-state index < -0.39 is 35.4 Å². The van der Waals surface area contributed by atoms with Gasteiger partial charge in [-0.05, 0) is 71.8 Å². The number of esters is 1. The van der Waals surface area contributed by atoms with Crippen LogP contribution in [0.2, 0.25) is 0 Å². The molecule has 298 valence electrons. The number of benzene rings is 4.